The lowest BCUT2D eigenvalue weighted by molar-refractivity contribution is -0.116. The molecule has 2 aromatic carbocycles. The Kier molecular flexibility index (Phi) is 6.11. The summed E-state index contributed by atoms with van der Waals surface area (Å²) in [5, 5.41) is 3.65. The molecular formula is C15H13Cl3N2O3S. The molecule has 0 aliphatic rings. The first-order valence-electron chi connectivity index (χ1n) is 6.67. The Morgan fingerprint density at radius 2 is 1.62 bits per heavy atom. The molecule has 0 aliphatic carbocycles. The lowest BCUT2D eigenvalue weighted by atomic mass is 10.3. The Balaban J connectivity index is 2.10. The molecule has 0 bridgehead atoms. The molecular weight excluding hydrogens is 395 g/mol. The van der Waals surface area contributed by atoms with Crippen LogP contribution in [0.2, 0.25) is 15.1 Å². The molecule has 1 amide bonds. The summed E-state index contributed by atoms with van der Waals surface area (Å²) in [4.78, 5) is 12.1. The molecule has 2 rings (SSSR count). The van der Waals surface area contributed by atoms with E-state index in [1.54, 1.807) is 6.07 Å². The maximum Gasteiger partial charge on any atom is 0.243 e. The molecule has 128 valence electrons. The van der Waals surface area contributed by atoms with Gasteiger partial charge in [-0.1, -0.05) is 34.8 Å². The van der Waals surface area contributed by atoms with Crippen molar-refractivity contribution in [2.24, 2.45) is 0 Å². The van der Waals surface area contributed by atoms with Crippen molar-refractivity contribution in [2.75, 3.05) is 18.9 Å². The molecule has 9 heteroatoms. The summed E-state index contributed by atoms with van der Waals surface area (Å²) < 4.78 is 25.8. The van der Waals surface area contributed by atoms with Gasteiger partial charge in [0.2, 0.25) is 15.9 Å². The first kappa shape index (κ1) is 19.0. The monoisotopic (exact) mass is 406 g/mol. The second kappa shape index (κ2) is 7.72. The smallest absolute Gasteiger partial charge is 0.243 e. The third-order valence-corrected chi connectivity index (χ3v) is 5.72. The van der Waals surface area contributed by atoms with Gasteiger partial charge < -0.3 is 5.32 Å². The average Bonchev–Trinajstić information content (AvgIpc) is 2.51. The maximum absolute atomic E-state index is 12.4. The predicted molar refractivity (Wildman–Crippen MR) is 96.4 cm³/mol. The zero-order chi connectivity index (χ0) is 17.9. The fourth-order valence-corrected chi connectivity index (χ4v) is 3.45. The van der Waals surface area contributed by atoms with E-state index in [9.17, 15) is 13.2 Å². The van der Waals surface area contributed by atoms with E-state index in [-0.39, 0.29) is 11.4 Å². The van der Waals surface area contributed by atoms with Crippen LogP contribution in [0.15, 0.2) is 47.4 Å². The highest BCUT2D eigenvalue weighted by Crippen LogP contribution is 2.25. The number of rotatable bonds is 5. The Morgan fingerprint density at radius 3 is 2.25 bits per heavy atom. The Morgan fingerprint density at radius 1 is 1.04 bits per heavy atom. The zero-order valence-electron chi connectivity index (χ0n) is 12.5. The minimum Gasteiger partial charge on any atom is -0.324 e. The van der Waals surface area contributed by atoms with E-state index < -0.39 is 15.9 Å². The van der Waals surface area contributed by atoms with Crippen LogP contribution in [-0.2, 0) is 14.8 Å². The number of carbonyl (C=O) groups is 1. The molecule has 1 N–H and O–H groups in total. The van der Waals surface area contributed by atoms with Gasteiger partial charge in [0.15, 0.2) is 0 Å². The summed E-state index contributed by atoms with van der Waals surface area (Å²) in [6, 6.07) is 10.3. The van der Waals surface area contributed by atoms with Crippen molar-refractivity contribution in [1.29, 1.82) is 0 Å². The van der Waals surface area contributed by atoms with Crippen LogP contribution in [0.25, 0.3) is 0 Å². The van der Waals surface area contributed by atoms with Crippen LogP contribution in [0.1, 0.15) is 0 Å². The highest BCUT2D eigenvalue weighted by molar-refractivity contribution is 7.89. The second-order valence-corrected chi connectivity index (χ2v) is 8.21. The van der Waals surface area contributed by atoms with E-state index in [4.69, 9.17) is 34.8 Å². The Labute approximate surface area is 155 Å². The van der Waals surface area contributed by atoms with Gasteiger partial charge >= 0.3 is 0 Å². The summed E-state index contributed by atoms with van der Waals surface area (Å²) in [7, 11) is -2.50. The Hall–Kier alpha value is -1.31. The molecule has 0 spiro atoms. The molecule has 0 atom stereocenters. The molecule has 24 heavy (non-hydrogen) atoms. The summed E-state index contributed by atoms with van der Waals surface area (Å²) in [5.74, 6) is -0.542. The number of carbonyl (C=O) groups excluding carboxylic acids is 1. The molecule has 2 aromatic rings. The molecule has 0 saturated heterocycles. The maximum atomic E-state index is 12.4. The van der Waals surface area contributed by atoms with Crippen molar-refractivity contribution in [1.82, 2.24) is 4.31 Å². The summed E-state index contributed by atoms with van der Waals surface area (Å²) in [6.07, 6.45) is 0. The number of amides is 1. The minimum absolute atomic E-state index is 0.0444. The molecule has 0 fully saturated rings. The number of sulfonamides is 1. The second-order valence-electron chi connectivity index (χ2n) is 4.89. The largest absolute Gasteiger partial charge is 0.324 e. The molecule has 0 radical (unpaired) electrons. The number of nitrogens with one attached hydrogen (secondary N) is 1. The van der Waals surface area contributed by atoms with Crippen molar-refractivity contribution < 1.29 is 13.2 Å². The first-order chi connectivity index (χ1) is 11.2. The lowest BCUT2D eigenvalue weighted by Gasteiger charge is -2.17. The summed E-state index contributed by atoms with van der Waals surface area (Å²) >= 11 is 17.6. The summed E-state index contributed by atoms with van der Waals surface area (Å²) in [5.41, 5.74) is 0.312. The van der Waals surface area contributed by atoms with Crippen molar-refractivity contribution in [3.63, 3.8) is 0 Å². The molecule has 0 unspecified atom stereocenters. The van der Waals surface area contributed by atoms with Gasteiger partial charge in [-0.15, -0.1) is 0 Å². The highest BCUT2D eigenvalue weighted by Gasteiger charge is 2.23. The van der Waals surface area contributed by atoms with Crippen LogP contribution in [0, 0.1) is 0 Å². The number of hydrogen-bond acceptors (Lipinski definition) is 3. The van der Waals surface area contributed by atoms with Crippen molar-refractivity contribution in [3.8, 4) is 0 Å². The zero-order valence-corrected chi connectivity index (χ0v) is 15.5. The normalized spacial score (nSPS) is 11.5. The van der Waals surface area contributed by atoms with Gasteiger partial charge in [-0.3, -0.25) is 4.79 Å². The van der Waals surface area contributed by atoms with E-state index >= 15 is 0 Å². The van der Waals surface area contributed by atoms with E-state index in [2.05, 4.69) is 5.32 Å². The SMILES string of the molecule is CN(CC(=O)Nc1cc(Cl)ccc1Cl)S(=O)(=O)c1ccc(Cl)cc1. The number of likely N-dealkylation sites (N-methyl/N-ethyl adjacent to an activating group) is 1. The van der Waals surface area contributed by atoms with Gasteiger partial charge in [0.25, 0.3) is 0 Å². The molecule has 0 heterocycles. The van der Waals surface area contributed by atoms with E-state index in [1.807, 2.05) is 0 Å². The number of halogens is 3. The highest BCUT2D eigenvalue weighted by atomic mass is 35.5. The fraction of sp³-hybridized carbons (Fsp3) is 0.133. The van der Waals surface area contributed by atoms with Crippen LogP contribution in [0.4, 0.5) is 5.69 Å². The average molecular weight is 408 g/mol. The van der Waals surface area contributed by atoms with Crippen LogP contribution < -0.4 is 5.32 Å². The Bertz CT molecular complexity index is 855. The van der Waals surface area contributed by atoms with Crippen LogP contribution in [-0.4, -0.2) is 32.2 Å². The van der Waals surface area contributed by atoms with Crippen molar-refractivity contribution in [3.05, 3.63) is 57.5 Å². The first-order valence-corrected chi connectivity index (χ1v) is 9.24. The third kappa shape index (κ3) is 4.62. The van der Waals surface area contributed by atoms with Crippen LogP contribution in [0.3, 0.4) is 0 Å². The molecule has 0 saturated carbocycles. The topological polar surface area (TPSA) is 66.5 Å². The van der Waals surface area contributed by atoms with Gasteiger partial charge in [-0.25, -0.2) is 8.42 Å². The van der Waals surface area contributed by atoms with Gasteiger partial charge in [0, 0.05) is 17.1 Å². The van der Waals surface area contributed by atoms with Crippen molar-refractivity contribution >= 4 is 56.4 Å². The van der Waals surface area contributed by atoms with Gasteiger partial charge in [-0.05, 0) is 42.5 Å². The van der Waals surface area contributed by atoms with E-state index in [0.29, 0.717) is 20.8 Å². The van der Waals surface area contributed by atoms with Gasteiger partial charge in [0.05, 0.1) is 22.2 Å². The summed E-state index contributed by atoms with van der Waals surface area (Å²) in [6.45, 7) is -0.381. The number of nitrogens with zero attached hydrogens (tertiary/aromatic N) is 1. The third-order valence-electron chi connectivity index (χ3n) is 3.09. The fourth-order valence-electron chi connectivity index (χ4n) is 1.86. The van der Waals surface area contributed by atoms with E-state index in [0.717, 1.165) is 4.31 Å². The lowest BCUT2D eigenvalue weighted by Crippen LogP contribution is -2.35. The molecule has 5 nitrogen and oxygen atoms in total. The quantitative estimate of drug-likeness (QED) is 0.817. The van der Waals surface area contributed by atoms with Crippen LogP contribution >= 0.6 is 34.8 Å². The molecule has 0 aliphatic heterocycles. The number of hydrogen-bond donors (Lipinski definition) is 1. The minimum atomic E-state index is -3.81. The van der Waals surface area contributed by atoms with Gasteiger partial charge in [0.1, 0.15) is 0 Å². The molecule has 0 aromatic heterocycles. The van der Waals surface area contributed by atoms with E-state index in [1.165, 1.54) is 43.4 Å². The van der Waals surface area contributed by atoms with Crippen molar-refractivity contribution in [2.45, 2.75) is 4.90 Å². The van der Waals surface area contributed by atoms with Crippen LogP contribution in [0.5, 0.6) is 0 Å². The number of benzene rings is 2. The standard InChI is InChI=1S/C15H13Cl3N2O3S/c1-20(24(22,23)12-5-2-10(16)3-6-12)9-15(21)19-14-8-11(17)4-7-13(14)18/h2-8H,9H2,1H3,(H,19,21). The van der Waals surface area contributed by atoms with Gasteiger partial charge in [-0.2, -0.15) is 4.31 Å². The number of anilines is 1. The predicted octanol–water partition coefficient (Wildman–Crippen LogP) is 3.91.